The lowest BCUT2D eigenvalue weighted by molar-refractivity contribution is -0.139. The molecule has 0 unspecified atom stereocenters. The van der Waals surface area contributed by atoms with Crippen molar-refractivity contribution in [1.29, 1.82) is 0 Å². The van der Waals surface area contributed by atoms with Gasteiger partial charge in [-0.3, -0.25) is 4.79 Å². The van der Waals surface area contributed by atoms with Gasteiger partial charge in [0.25, 0.3) is 5.91 Å². The van der Waals surface area contributed by atoms with E-state index in [0.29, 0.717) is 17.8 Å². The highest BCUT2D eigenvalue weighted by atomic mass is 32.2. The second kappa shape index (κ2) is 6.67. The first kappa shape index (κ1) is 15.4. The number of carbonyl (C=O) groups excluding carboxylic acids is 1. The number of aryl methyl sites for hydroxylation is 1. The third-order valence-corrected chi connectivity index (χ3v) is 3.75. The molecule has 0 saturated carbocycles. The van der Waals surface area contributed by atoms with Crippen molar-refractivity contribution in [3.05, 3.63) is 35.6 Å². The summed E-state index contributed by atoms with van der Waals surface area (Å²) in [6.45, 7) is 1.95. The van der Waals surface area contributed by atoms with Gasteiger partial charge in [-0.05, 0) is 43.6 Å². The molecule has 0 saturated heterocycles. The standard InChI is InChI=1S/C15H17NO4S/c1-9-3-4-12-10(7-9)8-13(20-12)14(17)16-11(15(18)19)5-6-21-2/h3-4,7-8,11H,5-6H2,1-2H3,(H,16,17)(H,18,19)/t11-/m0/s1. The third-order valence-electron chi connectivity index (χ3n) is 3.11. The maximum Gasteiger partial charge on any atom is 0.326 e. The largest absolute Gasteiger partial charge is 0.480 e. The SMILES string of the molecule is CSCC[C@H](NC(=O)c1cc2cc(C)ccc2o1)C(=O)O. The quantitative estimate of drug-likeness (QED) is 0.857. The predicted octanol–water partition coefficient (Wildman–Crippen LogP) is 2.68. The number of fused-ring (bicyclic) bond motifs is 1. The van der Waals surface area contributed by atoms with E-state index in [9.17, 15) is 9.59 Å². The maximum absolute atomic E-state index is 12.1. The van der Waals surface area contributed by atoms with Crippen molar-refractivity contribution in [2.45, 2.75) is 19.4 Å². The number of thioether (sulfide) groups is 1. The van der Waals surface area contributed by atoms with E-state index in [1.807, 2.05) is 25.3 Å². The molecule has 1 atom stereocenters. The van der Waals surface area contributed by atoms with E-state index in [4.69, 9.17) is 9.52 Å². The number of carboxylic acid groups (broad SMARTS) is 1. The molecule has 5 nitrogen and oxygen atoms in total. The number of nitrogens with one attached hydrogen (secondary N) is 1. The zero-order valence-electron chi connectivity index (χ0n) is 11.9. The van der Waals surface area contributed by atoms with Gasteiger partial charge in [-0.15, -0.1) is 0 Å². The van der Waals surface area contributed by atoms with Gasteiger partial charge in [0.1, 0.15) is 11.6 Å². The Bertz CT molecular complexity index is 665. The predicted molar refractivity (Wildman–Crippen MR) is 82.8 cm³/mol. The fourth-order valence-electron chi connectivity index (χ4n) is 2.00. The number of carbonyl (C=O) groups is 2. The van der Waals surface area contributed by atoms with E-state index < -0.39 is 17.9 Å². The van der Waals surface area contributed by atoms with Crippen molar-refractivity contribution in [1.82, 2.24) is 5.32 Å². The molecule has 0 bridgehead atoms. The Balaban J connectivity index is 2.15. The molecule has 0 aliphatic rings. The van der Waals surface area contributed by atoms with Crippen LogP contribution in [0.3, 0.4) is 0 Å². The van der Waals surface area contributed by atoms with Crippen LogP contribution >= 0.6 is 11.8 Å². The lowest BCUT2D eigenvalue weighted by Gasteiger charge is -2.12. The van der Waals surface area contributed by atoms with Crippen molar-refractivity contribution in [2.24, 2.45) is 0 Å². The summed E-state index contributed by atoms with van der Waals surface area (Å²) in [6, 6.07) is 6.33. The van der Waals surface area contributed by atoms with Gasteiger partial charge >= 0.3 is 5.97 Å². The number of amides is 1. The van der Waals surface area contributed by atoms with Gasteiger partial charge in [-0.2, -0.15) is 11.8 Å². The number of benzene rings is 1. The molecule has 0 aliphatic heterocycles. The molecule has 2 rings (SSSR count). The maximum atomic E-state index is 12.1. The Hall–Kier alpha value is -1.95. The summed E-state index contributed by atoms with van der Waals surface area (Å²) >= 11 is 1.54. The number of carboxylic acids is 1. The van der Waals surface area contributed by atoms with E-state index in [1.165, 1.54) is 11.8 Å². The van der Waals surface area contributed by atoms with Crippen LogP contribution in [0.4, 0.5) is 0 Å². The van der Waals surface area contributed by atoms with E-state index in [-0.39, 0.29) is 5.76 Å². The van der Waals surface area contributed by atoms with Gasteiger partial charge in [-0.1, -0.05) is 11.6 Å². The van der Waals surface area contributed by atoms with E-state index in [1.54, 1.807) is 12.1 Å². The summed E-state index contributed by atoms with van der Waals surface area (Å²) in [5, 5.41) is 12.4. The zero-order chi connectivity index (χ0) is 15.4. The van der Waals surface area contributed by atoms with Gasteiger partial charge in [0, 0.05) is 5.39 Å². The zero-order valence-corrected chi connectivity index (χ0v) is 12.7. The first-order valence-corrected chi connectivity index (χ1v) is 7.93. The monoisotopic (exact) mass is 307 g/mol. The minimum atomic E-state index is -1.04. The Morgan fingerprint density at radius 1 is 1.38 bits per heavy atom. The first-order chi connectivity index (χ1) is 10.0. The summed E-state index contributed by atoms with van der Waals surface area (Å²) in [5.41, 5.74) is 1.68. The summed E-state index contributed by atoms with van der Waals surface area (Å²) in [5.74, 6) is -0.746. The van der Waals surface area contributed by atoms with Gasteiger partial charge in [-0.25, -0.2) is 4.79 Å². The summed E-state index contributed by atoms with van der Waals surface area (Å²) in [4.78, 5) is 23.2. The van der Waals surface area contributed by atoms with Crippen molar-refractivity contribution < 1.29 is 19.1 Å². The number of hydrogen-bond donors (Lipinski definition) is 2. The highest BCUT2D eigenvalue weighted by Crippen LogP contribution is 2.20. The molecule has 1 aromatic heterocycles. The van der Waals surface area contributed by atoms with Crippen LogP contribution in [0.5, 0.6) is 0 Å². The normalized spacial score (nSPS) is 12.3. The molecular weight excluding hydrogens is 290 g/mol. The fourth-order valence-corrected chi connectivity index (χ4v) is 2.47. The van der Waals surface area contributed by atoms with Crippen LogP contribution in [0, 0.1) is 6.92 Å². The summed E-state index contributed by atoms with van der Waals surface area (Å²) in [7, 11) is 0. The lowest BCUT2D eigenvalue weighted by Crippen LogP contribution is -2.41. The van der Waals surface area contributed by atoms with Gasteiger partial charge in [0.05, 0.1) is 0 Å². The number of hydrogen-bond acceptors (Lipinski definition) is 4. The molecular formula is C15H17NO4S. The summed E-state index contributed by atoms with van der Waals surface area (Å²) < 4.78 is 5.46. The molecule has 0 fully saturated rings. The lowest BCUT2D eigenvalue weighted by atomic mass is 10.2. The number of rotatable bonds is 6. The van der Waals surface area contributed by atoms with Crippen molar-refractivity contribution in [3.63, 3.8) is 0 Å². The van der Waals surface area contributed by atoms with Crippen molar-refractivity contribution in [2.75, 3.05) is 12.0 Å². The van der Waals surface area contributed by atoms with E-state index >= 15 is 0 Å². The molecule has 2 aromatic rings. The molecule has 1 aromatic carbocycles. The number of aliphatic carboxylic acids is 1. The topological polar surface area (TPSA) is 79.5 Å². The Kier molecular flexibility index (Phi) is 4.90. The van der Waals surface area contributed by atoms with Crippen LogP contribution in [0.25, 0.3) is 11.0 Å². The average Bonchev–Trinajstić information content (AvgIpc) is 2.85. The van der Waals surface area contributed by atoms with Crippen LogP contribution in [-0.4, -0.2) is 35.0 Å². The molecule has 112 valence electrons. The molecule has 0 aliphatic carbocycles. The van der Waals surface area contributed by atoms with Crippen LogP contribution in [0.2, 0.25) is 0 Å². The second-order valence-corrected chi connectivity index (χ2v) is 5.78. The van der Waals surface area contributed by atoms with Crippen molar-refractivity contribution in [3.8, 4) is 0 Å². The third kappa shape index (κ3) is 3.78. The molecule has 6 heteroatoms. The minimum Gasteiger partial charge on any atom is -0.480 e. The average molecular weight is 307 g/mol. The molecule has 21 heavy (non-hydrogen) atoms. The smallest absolute Gasteiger partial charge is 0.326 e. The van der Waals surface area contributed by atoms with Crippen LogP contribution in [0.1, 0.15) is 22.5 Å². The molecule has 0 spiro atoms. The highest BCUT2D eigenvalue weighted by molar-refractivity contribution is 7.98. The van der Waals surface area contributed by atoms with E-state index in [0.717, 1.165) is 10.9 Å². The van der Waals surface area contributed by atoms with Crippen molar-refractivity contribution >= 4 is 34.6 Å². The Morgan fingerprint density at radius 2 is 2.14 bits per heavy atom. The van der Waals surface area contributed by atoms with Crippen LogP contribution < -0.4 is 5.32 Å². The Morgan fingerprint density at radius 3 is 2.81 bits per heavy atom. The fraction of sp³-hybridized carbons (Fsp3) is 0.333. The highest BCUT2D eigenvalue weighted by Gasteiger charge is 2.22. The minimum absolute atomic E-state index is 0.131. The molecule has 0 radical (unpaired) electrons. The number of furan rings is 1. The molecule has 1 amide bonds. The summed E-state index contributed by atoms with van der Waals surface area (Å²) in [6.07, 6.45) is 2.27. The van der Waals surface area contributed by atoms with Gasteiger partial charge in [0.2, 0.25) is 0 Å². The van der Waals surface area contributed by atoms with Gasteiger partial charge in [0.15, 0.2) is 5.76 Å². The van der Waals surface area contributed by atoms with Crippen LogP contribution in [0.15, 0.2) is 28.7 Å². The molecule has 1 heterocycles. The first-order valence-electron chi connectivity index (χ1n) is 6.54. The van der Waals surface area contributed by atoms with E-state index in [2.05, 4.69) is 5.32 Å². The molecule has 2 N–H and O–H groups in total. The second-order valence-electron chi connectivity index (χ2n) is 4.80. The van der Waals surface area contributed by atoms with Gasteiger partial charge < -0.3 is 14.8 Å². The van der Waals surface area contributed by atoms with Crippen LogP contribution in [-0.2, 0) is 4.79 Å². The Labute approximate surface area is 126 Å².